The topological polar surface area (TPSA) is 33.7 Å². The van der Waals surface area contributed by atoms with Crippen LogP contribution in [-0.4, -0.2) is 43.9 Å². The number of nitrogens with one attached hydrogen (secondary N) is 1. The van der Waals surface area contributed by atoms with Crippen molar-refractivity contribution in [2.24, 2.45) is 0 Å². The maximum atomic E-state index is 5.45. The number of thiocarbonyl (C=S) groups is 1. The van der Waals surface area contributed by atoms with Crippen LogP contribution >= 0.6 is 12.2 Å². The number of methoxy groups -OCH3 is 2. The van der Waals surface area contributed by atoms with Gasteiger partial charge < -0.3 is 19.7 Å². The monoisotopic (exact) mass is 282 g/mol. The first-order valence-electron chi connectivity index (χ1n) is 6.40. The van der Waals surface area contributed by atoms with E-state index in [2.05, 4.69) is 17.1 Å². The minimum Gasteiger partial charge on any atom is -0.495 e. The predicted molar refractivity (Wildman–Crippen MR) is 83.0 cm³/mol. The molecular weight excluding hydrogens is 260 g/mol. The average molecular weight is 282 g/mol. The van der Waals surface area contributed by atoms with Crippen LogP contribution in [0, 0.1) is 0 Å². The quantitative estimate of drug-likeness (QED) is 0.778. The van der Waals surface area contributed by atoms with Gasteiger partial charge in [0.1, 0.15) is 5.75 Å². The van der Waals surface area contributed by atoms with Crippen molar-refractivity contribution in [1.29, 1.82) is 0 Å². The molecule has 0 unspecified atom stereocenters. The van der Waals surface area contributed by atoms with E-state index in [1.807, 2.05) is 24.3 Å². The molecule has 0 atom stereocenters. The molecule has 0 aliphatic heterocycles. The van der Waals surface area contributed by atoms with Crippen LogP contribution in [0.5, 0.6) is 5.75 Å². The smallest absolute Gasteiger partial charge is 0.173 e. The average Bonchev–Trinajstić information content (AvgIpc) is 2.44. The summed E-state index contributed by atoms with van der Waals surface area (Å²) >= 11 is 5.45. The maximum Gasteiger partial charge on any atom is 0.173 e. The van der Waals surface area contributed by atoms with Gasteiger partial charge in [0.05, 0.1) is 19.4 Å². The summed E-state index contributed by atoms with van der Waals surface area (Å²) < 4.78 is 10.4. The Kier molecular flexibility index (Phi) is 7.22. The van der Waals surface area contributed by atoms with Gasteiger partial charge in [-0.25, -0.2) is 0 Å². The molecule has 1 aromatic rings. The lowest BCUT2D eigenvalue weighted by molar-refractivity contribution is 0.177. The van der Waals surface area contributed by atoms with Gasteiger partial charge in [0.25, 0.3) is 0 Å². The molecule has 0 saturated heterocycles. The number of benzene rings is 1. The summed E-state index contributed by atoms with van der Waals surface area (Å²) in [6.45, 7) is 4.48. The van der Waals surface area contributed by atoms with Crippen LogP contribution in [0.25, 0.3) is 0 Å². The van der Waals surface area contributed by atoms with Crippen LogP contribution in [0.15, 0.2) is 24.3 Å². The standard InChI is InChI=1S/C14H22N2O2S/c1-4-9-16(10-11-17-2)14(19)15-12-7-5-6-8-13(12)18-3/h5-8H,4,9-11H2,1-3H3,(H,15,19). The molecule has 0 aliphatic carbocycles. The van der Waals surface area contributed by atoms with Crippen LogP contribution in [0.1, 0.15) is 13.3 Å². The van der Waals surface area contributed by atoms with Crippen molar-refractivity contribution < 1.29 is 9.47 Å². The fourth-order valence-corrected chi connectivity index (χ4v) is 2.02. The summed E-state index contributed by atoms with van der Waals surface area (Å²) in [5.74, 6) is 0.785. The Hall–Kier alpha value is -1.33. The highest BCUT2D eigenvalue weighted by Crippen LogP contribution is 2.23. The van der Waals surface area contributed by atoms with E-state index >= 15 is 0 Å². The SMILES string of the molecule is CCCN(CCOC)C(=S)Nc1ccccc1OC. The third kappa shape index (κ3) is 5.04. The van der Waals surface area contributed by atoms with Crippen molar-refractivity contribution in [3.63, 3.8) is 0 Å². The zero-order valence-corrected chi connectivity index (χ0v) is 12.6. The van der Waals surface area contributed by atoms with Crippen LogP contribution < -0.4 is 10.1 Å². The Morgan fingerprint density at radius 2 is 2.00 bits per heavy atom. The van der Waals surface area contributed by atoms with E-state index in [9.17, 15) is 0 Å². The molecule has 0 amide bonds. The fraction of sp³-hybridized carbons (Fsp3) is 0.500. The number of ether oxygens (including phenoxy) is 2. The minimum atomic E-state index is 0.660. The summed E-state index contributed by atoms with van der Waals surface area (Å²) in [6, 6.07) is 7.74. The molecule has 4 nitrogen and oxygen atoms in total. The molecule has 19 heavy (non-hydrogen) atoms. The van der Waals surface area contributed by atoms with Gasteiger partial charge in [0, 0.05) is 20.2 Å². The molecule has 0 bridgehead atoms. The third-order valence-electron chi connectivity index (χ3n) is 2.69. The Bertz CT molecular complexity index is 399. The maximum absolute atomic E-state index is 5.45. The molecule has 0 spiro atoms. The molecule has 5 heteroatoms. The largest absolute Gasteiger partial charge is 0.495 e. The van der Waals surface area contributed by atoms with Gasteiger partial charge in [-0.05, 0) is 30.8 Å². The lowest BCUT2D eigenvalue weighted by Crippen LogP contribution is -2.37. The van der Waals surface area contributed by atoms with Crippen LogP contribution in [0.4, 0.5) is 5.69 Å². The van der Waals surface area contributed by atoms with Gasteiger partial charge in [-0.15, -0.1) is 0 Å². The molecule has 0 heterocycles. The number of hydrogen-bond acceptors (Lipinski definition) is 3. The Labute approximate surface area is 120 Å². The zero-order chi connectivity index (χ0) is 14.1. The lowest BCUT2D eigenvalue weighted by Gasteiger charge is -2.25. The molecule has 1 aromatic carbocycles. The second-order valence-corrected chi connectivity index (χ2v) is 4.50. The Balaban J connectivity index is 2.69. The number of nitrogens with zero attached hydrogens (tertiary/aromatic N) is 1. The van der Waals surface area contributed by atoms with E-state index in [-0.39, 0.29) is 0 Å². The second-order valence-electron chi connectivity index (χ2n) is 4.11. The van der Waals surface area contributed by atoms with E-state index < -0.39 is 0 Å². The predicted octanol–water partition coefficient (Wildman–Crippen LogP) is 2.75. The molecule has 106 valence electrons. The number of hydrogen-bond donors (Lipinski definition) is 1. The van der Waals surface area contributed by atoms with Crippen molar-refractivity contribution in [3.8, 4) is 5.75 Å². The highest BCUT2D eigenvalue weighted by molar-refractivity contribution is 7.80. The molecule has 0 fully saturated rings. The molecule has 1 N–H and O–H groups in total. The van der Waals surface area contributed by atoms with Gasteiger partial charge in [0.15, 0.2) is 5.11 Å². The zero-order valence-electron chi connectivity index (χ0n) is 11.8. The first kappa shape index (κ1) is 15.7. The molecular formula is C14H22N2O2S. The van der Waals surface area contributed by atoms with Crippen LogP contribution in [0.3, 0.4) is 0 Å². The van der Waals surface area contributed by atoms with Gasteiger partial charge in [-0.2, -0.15) is 0 Å². The lowest BCUT2D eigenvalue weighted by atomic mass is 10.3. The molecule has 0 radical (unpaired) electrons. The van der Waals surface area contributed by atoms with Crippen LogP contribution in [0.2, 0.25) is 0 Å². The van der Waals surface area contributed by atoms with Gasteiger partial charge >= 0.3 is 0 Å². The van der Waals surface area contributed by atoms with E-state index in [0.717, 1.165) is 30.9 Å². The third-order valence-corrected chi connectivity index (χ3v) is 3.05. The number of rotatable bonds is 7. The summed E-state index contributed by atoms with van der Waals surface area (Å²) in [7, 11) is 3.35. The summed E-state index contributed by atoms with van der Waals surface area (Å²) in [5.41, 5.74) is 0.883. The minimum absolute atomic E-state index is 0.660. The normalized spacial score (nSPS) is 10.1. The van der Waals surface area contributed by atoms with Gasteiger partial charge in [-0.1, -0.05) is 19.1 Å². The van der Waals surface area contributed by atoms with Crippen molar-refractivity contribution in [2.45, 2.75) is 13.3 Å². The van der Waals surface area contributed by atoms with E-state index in [1.54, 1.807) is 14.2 Å². The summed E-state index contributed by atoms with van der Waals surface area (Å²) in [5, 5.41) is 3.93. The van der Waals surface area contributed by atoms with Crippen molar-refractivity contribution in [2.75, 3.05) is 39.2 Å². The van der Waals surface area contributed by atoms with E-state index in [0.29, 0.717) is 11.7 Å². The Morgan fingerprint density at radius 3 is 2.63 bits per heavy atom. The number of para-hydroxylation sites is 2. The van der Waals surface area contributed by atoms with Crippen molar-refractivity contribution >= 4 is 23.0 Å². The fourth-order valence-electron chi connectivity index (χ4n) is 1.73. The summed E-state index contributed by atoms with van der Waals surface area (Å²) in [4.78, 5) is 2.10. The molecule has 0 saturated carbocycles. The van der Waals surface area contributed by atoms with E-state index in [4.69, 9.17) is 21.7 Å². The molecule has 0 aliphatic rings. The van der Waals surface area contributed by atoms with E-state index in [1.165, 1.54) is 0 Å². The summed E-state index contributed by atoms with van der Waals surface area (Å²) in [6.07, 6.45) is 1.04. The first-order chi connectivity index (χ1) is 9.22. The van der Waals surface area contributed by atoms with Gasteiger partial charge in [0.2, 0.25) is 0 Å². The van der Waals surface area contributed by atoms with Gasteiger partial charge in [-0.3, -0.25) is 0 Å². The second kappa shape index (κ2) is 8.72. The first-order valence-corrected chi connectivity index (χ1v) is 6.81. The number of anilines is 1. The van der Waals surface area contributed by atoms with Crippen LogP contribution in [-0.2, 0) is 4.74 Å². The highest BCUT2D eigenvalue weighted by Gasteiger charge is 2.10. The Morgan fingerprint density at radius 1 is 1.26 bits per heavy atom. The van der Waals surface area contributed by atoms with Crippen molar-refractivity contribution in [3.05, 3.63) is 24.3 Å². The highest BCUT2D eigenvalue weighted by atomic mass is 32.1. The molecule has 1 rings (SSSR count). The van der Waals surface area contributed by atoms with Crippen molar-refractivity contribution in [1.82, 2.24) is 4.90 Å². The molecule has 0 aromatic heterocycles.